The van der Waals surface area contributed by atoms with Crippen molar-refractivity contribution in [3.63, 3.8) is 0 Å². The summed E-state index contributed by atoms with van der Waals surface area (Å²) in [5, 5.41) is 5.61. The standard InChI is InChI=1S/C13H14F2N4/c1-3-16-13-17-7-8(2)12(19-13)18-11-9(14)5-4-6-10(11)15/h4-7H,3H2,1-2H3,(H2,16,17,18,19). The normalized spacial score (nSPS) is 10.3. The van der Waals surface area contributed by atoms with Crippen LogP contribution in [0.2, 0.25) is 0 Å². The van der Waals surface area contributed by atoms with E-state index in [0.29, 0.717) is 23.9 Å². The van der Waals surface area contributed by atoms with Crippen molar-refractivity contribution in [3.05, 3.63) is 41.6 Å². The summed E-state index contributed by atoms with van der Waals surface area (Å²) < 4.78 is 27.1. The number of nitrogens with one attached hydrogen (secondary N) is 2. The Balaban J connectivity index is 2.35. The molecule has 2 N–H and O–H groups in total. The van der Waals surface area contributed by atoms with Crippen LogP contribution in [0.1, 0.15) is 12.5 Å². The molecule has 0 saturated carbocycles. The lowest BCUT2D eigenvalue weighted by Crippen LogP contribution is -2.06. The van der Waals surface area contributed by atoms with Gasteiger partial charge in [0, 0.05) is 18.3 Å². The number of para-hydroxylation sites is 1. The molecule has 0 unspecified atom stereocenters. The van der Waals surface area contributed by atoms with Crippen LogP contribution >= 0.6 is 0 Å². The summed E-state index contributed by atoms with van der Waals surface area (Å²) in [5.74, 6) is -0.548. The first-order valence-electron chi connectivity index (χ1n) is 5.90. The first kappa shape index (κ1) is 13.2. The number of aromatic nitrogens is 2. The molecule has 0 saturated heterocycles. The Bertz CT molecular complexity index is 567. The smallest absolute Gasteiger partial charge is 0.224 e. The number of hydrogen-bond acceptors (Lipinski definition) is 4. The number of hydrogen-bond donors (Lipinski definition) is 2. The highest BCUT2D eigenvalue weighted by Gasteiger charge is 2.11. The minimum atomic E-state index is -0.664. The topological polar surface area (TPSA) is 49.8 Å². The Hall–Kier alpha value is -2.24. The second-order valence-electron chi connectivity index (χ2n) is 3.98. The molecule has 19 heavy (non-hydrogen) atoms. The van der Waals surface area contributed by atoms with Crippen LogP contribution in [0.4, 0.5) is 26.2 Å². The van der Waals surface area contributed by atoms with Crippen LogP contribution in [-0.2, 0) is 0 Å². The molecule has 0 aliphatic heterocycles. The van der Waals surface area contributed by atoms with Gasteiger partial charge in [0.15, 0.2) is 0 Å². The third-order valence-corrected chi connectivity index (χ3v) is 2.51. The number of nitrogens with zero attached hydrogens (tertiary/aromatic N) is 2. The summed E-state index contributed by atoms with van der Waals surface area (Å²) >= 11 is 0. The van der Waals surface area contributed by atoms with Gasteiger partial charge in [-0.1, -0.05) is 6.07 Å². The van der Waals surface area contributed by atoms with Gasteiger partial charge in [-0.25, -0.2) is 13.8 Å². The molecule has 0 amide bonds. The molecule has 1 heterocycles. The third kappa shape index (κ3) is 2.96. The average molecular weight is 264 g/mol. The number of aryl methyl sites for hydroxylation is 1. The molecule has 100 valence electrons. The van der Waals surface area contributed by atoms with Gasteiger partial charge in [-0.2, -0.15) is 4.98 Å². The molecule has 0 aliphatic rings. The van der Waals surface area contributed by atoms with Crippen LogP contribution in [-0.4, -0.2) is 16.5 Å². The van der Waals surface area contributed by atoms with Crippen LogP contribution in [0.15, 0.2) is 24.4 Å². The van der Waals surface area contributed by atoms with Crippen LogP contribution in [0.5, 0.6) is 0 Å². The Morgan fingerprint density at radius 2 is 1.89 bits per heavy atom. The van der Waals surface area contributed by atoms with E-state index in [4.69, 9.17) is 0 Å². The van der Waals surface area contributed by atoms with E-state index in [1.807, 2.05) is 6.92 Å². The molecule has 0 atom stereocenters. The van der Waals surface area contributed by atoms with E-state index in [2.05, 4.69) is 20.6 Å². The number of halogens is 2. The Morgan fingerprint density at radius 1 is 1.21 bits per heavy atom. The van der Waals surface area contributed by atoms with E-state index >= 15 is 0 Å². The molecule has 4 nitrogen and oxygen atoms in total. The number of anilines is 3. The molecule has 0 aliphatic carbocycles. The van der Waals surface area contributed by atoms with Crippen molar-refractivity contribution >= 4 is 17.5 Å². The molecule has 0 fully saturated rings. The second-order valence-corrected chi connectivity index (χ2v) is 3.98. The summed E-state index contributed by atoms with van der Waals surface area (Å²) in [6, 6.07) is 3.69. The van der Waals surface area contributed by atoms with E-state index in [-0.39, 0.29) is 5.69 Å². The summed E-state index contributed by atoms with van der Waals surface area (Å²) in [7, 11) is 0. The fourth-order valence-corrected chi connectivity index (χ4v) is 1.55. The predicted octanol–water partition coefficient (Wildman–Crippen LogP) is 3.24. The molecule has 0 bridgehead atoms. The molecule has 1 aromatic carbocycles. The lowest BCUT2D eigenvalue weighted by Gasteiger charge is -2.11. The maximum atomic E-state index is 13.6. The van der Waals surface area contributed by atoms with Crippen LogP contribution in [0.3, 0.4) is 0 Å². The quantitative estimate of drug-likeness (QED) is 0.890. The van der Waals surface area contributed by atoms with Gasteiger partial charge in [-0.15, -0.1) is 0 Å². The summed E-state index contributed by atoms with van der Waals surface area (Å²) in [5.41, 5.74) is 0.482. The van der Waals surface area contributed by atoms with Crippen LogP contribution < -0.4 is 10.6 Å². The predicted molar refractivity (Wildman–Crippen MR) is 70.6 cm³/mol. The molecule has 1 aromatic heterocycles. The third-order valence-electron chi connectivity index (χ3n) is 2.51. The molecule has 2 aromatic rings. The minimum Gasteiger partial charge on any atom is -0.354 e. The molecule has 6 heteroatoms. The zero-order valence-corrected chi connectivity index (χ0v) is 10.7. The van der Waals surface area contributed by atoms with Gasteiger partial charge in [-0.05, 0) is 26.0 Å². The summed E-state index contributed by atoms with van der Waals surface area (Å²) in [4.78, 5) is 8.24. The van der Waals surface area contributed by atoms with Crippen molar-refractivity contribution in [2.24, 2.45) is 0 Å². The largest absolute Gasteiger partial charge is 0.354 e. The van der Waals surface area contributed by atoms with Crippen molar-refractivity contribution in [2.75, 3.05) is 17.2 Å². The fraction of sp³-hybridized carbons (Fsp3) is 0.231. The van der Waals surface area contributed by atoms with Gasteiger partial charge in [0.25, 0.3) is 0 Å². The van der Waals surface area contributed by atoms with Crippen LogP contribution in [0.25, 0.3) is 0 Å². The first-order valence-corrected chi connectivity index (χ1v) is 5.90. The lowest BCUT2D eigenvalue weighted by atomic mass is 10.2. The average Bonchev–Trinajstić information content (AvgIpc) is 2.38. The number of rotatable bonds is 4. The highest BCUT2D eigenvalue weighted by atomic mass is 19.1. The second kappa shape index (κ2) is 5.60. The Labute approximate surface area is 109 Å². The monoisotopic (exact) mass is 264 g/mol. The molecule has 2 rings (SSSR count). The van der Waals surface area contributed by atoms with Crippen molar-refractivity contribution < 1.29 is 8.78 Å². The molecular formula is C13H14F2N4. The summed E-state index contributed by atoms with van der Waals surface area (Å²) in [6.07, 6.45) is 1.59. The zero-order chi connectivity index (χ0) is 13.8. The van der Waals surface area contributed by atoms with E-state index in [9.17, 15) is 8.78 Å². The SMILES string of the molecule is CCNc1ncc(C)c(Nc2c(F)cccc2F)n1. The molecular weight excluding hydrogens is 250 g/mol. The van der Waals surface area contributed by atoms with Crippen molar-refractivity contribution in [2.45, 2.75) is 13.8 Å². The maximum absolute atomic E-state index is 13.6. The van der Waals surface area contributed by atoms with E-state index < -0.39 is 11.6 Å². The van der Waals surface area contributed by atoms with E-state index in [0.717, 1.165) is 0 Å². The van der Waals surface area contributed by atoms with Gasteiger partial charge in [0.1, 0.15) is 23.1 Å². The van der Waals surface area contributed by atoms with Crippen molar-refractivity contribution in [1.82, 2.24) is 9.97 Å². The van der Waals surface area contributed by atoms with Gasteiger partial charge >= 0.3 is 0 Å². The zero-order valence-electron chi connectivity index (χ0n) is 10.7. The highest BCUT2D eigenvalue weighted by molar-refractivity contribution is 5.61. The van der Waals surface area contributed by atoms with Crippen molar-refractivity contribution in [3.8, 4) is 0 Å². The first-order chi connectivity index (χ1) is 9.11. The summed E-state index contributed by atoms with van der Waals surface area (Å²) in [6.45, 7) is 4.33. The van der Waals surface area contributed by atoms with Gasteiger partial charge in [-0.3, -0.25) is 0 Å². The van der Waals surface area contributed by atoms with E-state index in [1.54, 1.807) is 13.1 Å². The Kier molecular flexibility index (Phi) is 3.89. The molecule has 0 spiro atoms. The fourth-order valence-electron chi connectivity index (χ4n) is 1.55. The highest BCUT2D eigenvalue weighted by Crippen LogP contribution is 2.24. The maximum Gasteiger partial charge on any atom is 0.224 e. The van der Waals surface area contributed by atoms with Gasteiger partial charge in [0.05, 0.1) is 0 Å². The minimum absolute atomic E-state index is 0.216. The Morgan fingerprint density at radius 3 is 2.53 bits per heavy atom. The van der Waals surface area contributed by atoms with Gasteiger partial charge < -0.3 is 10.6 Å². The van der Waals surface area contributed by atoms with Crippen LogP contribution in [0, 0.1) is 18.6 Å². The lowest BCUT2D eigenvalue weighted by molar-refractivity contribution is 0.590. The number of benzene rings is 1. The van der Waals surface area contributed by atoms with E-state index in [1.165, 1.54) is 18.2 Å². The van der Waals surface area contributed by atoms with Gasteiger partial charge in [0.2, 0.25) is 5.95 Å². The van der Waals surface area contributed by atoms with Crippen molar-refractivity contribution in [1.29, 1.82) is 0 Å². The molecule has 0 radical (unpaired) electrons.